The average molecular weight is 294 g/mol. The lowest BCUT2D eigenvalue weighted by Crippen LogP contribution is -2.49. The second-order valence-corrected chi connectivity index (χ2v) is 6.15. The molecular weight excluding hydrogens is 272 g/mol. The average Bonchev–Trinajstić information content (AvgIpc) is 2.37. The number of ether oxygens (including phenoxy) is 2. The molecule has 3 atom stereocenters. The van der Waals surface area contributed by atoms with Crippen molar-refractivity contribution < 1.29 is 23.9 Å². The van der Waals surface area contributed by atoms with Crippen LogP contribution in [-0.2, 0) is 23.9 Å². The third-order valence-corrected chi connectivity index (χ3v) is 4.65. The normalized spacial score (nSPS) is 32.5. The first-order valence-electron chi connectivity index (χ1n) is 7.34. The summed E-state index contributed by atoms with van der Waals surface area (Å²) in [5.41, 5.74) is 1.07. The Morgan fingerprint density at radius 3 is 2.33 bits per heavy atom. The number of hydrogen-bond acceptors (Lipinski definition) is 5. The molecule has 1 fully saturated rings. The Hall–Kier alpha value is -1.65. The Labute approximate surface area is 124 Å². The Morgan fingerprint density at radius 2 is 1.76 bits per heavy atom. The molecule has 5 heteroatoms. The number of carbonyl (C=O) groups excluding carboxylic acids is 3. The van der Waals surface area contributed by atoms with Gasteiger partial charge in [0.05, 0.1) is 0 Å². The first-order valence-corrected chi connectivity index (χ1v) is 7.34. The lowest BCUT2D eigenvalue weighted by molar-refractivity contribution is -0.161. The second kappa shape index (κ2) is 5.62. The highest BCUT2D eigenvalue weighted by atomic mass is 16.6. The van der Waals surface area contributed by atoms with Gasteiger partial charge < -0.3 is 9.47 Å². The third-order valence-electron chi connectivity index (χ3n) is 4.65. The molecule has 2 aliphatic rings. The van der Waals surface area contributed by atoms with Crippen molar-refractivity contribution in [1.82, 2.24) is 0 Å². The van der Waals surface area contributed by atoms with E-state index in [2.05, 4.69) is 0 Å². The standard InChI is InChI=1S/C16H22O5/c1-9-12(19)7-8-16(4)14(21-11(3)18)6-5-13(15(9)16)20-10(2)17/h13-14H,5-8H2,1-4H3/t13-,14+,16-/m1/s1. The number of ketones is 1. The summed E-state index contributed by atoms with van der Waals surface area (Å²) in [7, 11) is 0. The molecule has 0 bridgehead atoms. The van der Waals surface area contributed by atoms with Gasteiger partial charge in [0.15, 0.2) is 5.78 Å². The summed E-state index contributed by atoms with van der Waals surface area (Å²) in [6, 6.07) is 0. The van der Waals surface area contributed by atoms with Crippen molar-refractivity contribution in [2.75, 3.05) is 0 Å². The van der Waals surface area contributed by atoms with Gasteiger partial charge in [0.25, 0.3) is 0 Å². The summed E-state index contributed by atoms with van der Waals surface area (Å²) in [6.07, 6.45) is 1.62. The van der Waals surface area contributed by atoms with E-state index in [9.17, 15) is 14.4 Å². The van der Waals surface area contributed by atoms with Gasteiger partial charge in [0, 0.05) is 25.7 Å². The van der Waals surface area contributed by atoms with Gasteiger partial charge in [0.1, 0.15) is 12.2 Å². The fourth-order valence-electron chi connectivity index (χ4n) is 3.69. The Balaban J connectivity index is 2.43. The van der Waals surface area contributed by atoms with Gasteiger partial charge in [-0.2, -0.15) is 0 Å². The second-order valence-electron chi connectivity index (χ2n) is 6.15. The van der Waals surface area contributed by atoms with Gasteiger partial charge in [-0.1, -0.05) is 6.92 Å². The molecule has 0 aromatic rings. The van der Waals surface area contributed by atoms with Crippen LogP contribution in [0.15, 0.2) is 11.1 Å². The summed E-state index contributed by atoms with van der Waals surface area (Å²) in [4.78, 5) is 34.7. The van der Waals surface area contributed by atoms with Gasteiger partial charge in [-0.25, -0.2) is 0 Å². The van der Waals surface area contributed by atoms with Crippen molar-refractivity contribution in [3.8, 4) is 0 Å². The van der Waals surface area contributed by atoms with Crippen LogP contribution < -0.4 is 0 Å². The summed E-state index contributed by atoms with van der Waals surface area (Å²) in [6.45, 7) is 6.55. The minimum atomic E-state index is -0.429. The number of allylic oxidation sites excluding steroid dienone is 1. The van der Waals surface area contributed by atoms with E-state index >= 15 is 0 Å². The van der Waals surface area contributed by atoms with E-state index in [0.29, 0.717) is 31.3 Å². The third kappa shape index (κ3) is 2.87. The molecule has 0 spiro atoms. The van der Waals surface area contributed by atoms with E-state index in [1.165, 1.54) is 13.8 Å². The van der Waals surface area contributed by atoms with Crippen LogP contribution in [0.3, 0.4) is 0 Å². The quantitative estimate of drug-likeness (QED) is 0.731. The van der Waals surface area contributed by atoms with Crippen LogP contribution in [0.5, 0.6) is 0 Å². The lowest BCUT2D eigenvalue weighted by atomic mass is 9.61. The molecule has 1 saturated carbocycles. The maximum Gasteiger partial charge on any atom is 0.303 e. The van der Waals surface area contributed by atoms with Crippen LogP contribution in [0.2, 0.25) is 0 Å². The van der Waals surface area contributed by atoms with Crippen LogP contribution in [0.25, 0.3) is 0 Å². The first-order chi connectivity index (χ1) is 9.75. The minimum Gasteiger partial charge on any atom is -0.462 e. The molecule has 21 heavy (non-hydrogen) atoms. The van der Waals surface area contributed by atoms with Crippen LogP contribution >= 0.6 is 0 Å². The van der Waals surface area contributed by atoms with Crippen LogP contribution in [0.4, 0.5) is 0 Å². The molecule has 0 amide bonds. The molecule has 0 heterocycles. The SMILES string of the molecule is CC(=O)O[C@H]1CC[C@@H](OC(C)=O)C2=C(C)C(=O)CC[C@@]21C. The Morgan fingerprint density at radius 1 is 1.14 bits per heavy atom. The van der Waals surface area contributed by atoms with Crippen molar-refractivity contribution >= 4 is 17.7 Å². The van der Waals surface area contributed by atoms with E-state index in [-0.39, 0.29) is 29.9 Å². The summed E-state index contributed by atoms with van der Waals surface area (Å²) < 4.78 is 10.9. The molecule has 0 N–H and O–H groups in total. The molecule has 5 nitrogen and oxygen atoms in total. The highest BCUT2D eigenvalue weighted by Gasteiger charge is 2.50. The maximum absolute atomic E-state index is 12.0. The summed E-state index contributed by atoms with van der Waals surface area (Å²) in [5.74, 6) is -0.587. The molecular formula is C16H22O5. The van der Waals surface area contributed by atoms with Gasteiger partial charge in [-0.15, -0.1) is 0 Å². The zero-order chi connectivity index (χ0) is 15.8. The molecule has 0 radical (unpaired) electrons. The van der Waals surface area contributed by atoms with Crippen LogP contribution in [0.1, 0.15) is 53.4 Å². The molecule has 0 saturated heterocycles. The molecule has 0 unspecified atom stereocenters. The number of carbonyl (C=O) groups is 3. The number of esters is 2. The fourth-order valence-corrected chi connectivity index (χ4v) is 3.69. The first kappa shape index (κ1) is 15.7. The highest BCUT2D eigenvalue weighted by Crippen LogP contribution is 2.50. The molecule has 0 aromatic heterocycles. The van der Waals surface area contributed by atoms with Crippen molar-refractivity contribution in [1.29, 1.82) is 0 Å². The minimum absolute atomic E-state index is 0.0862. The Bertz CT molecular complexity index is 519. The summed E-state index contributed by atoms with van der Waals surface area (Å²) in [5, 5.41) is 0. The highest BCUT2D eigenvalue weighted by molar-refractivity contribution is 5.97. The largest absolute Gasteiger partial charge is 0.462 e. The van der Waals surface area contributed by atoms with Crippen molar-refractivity contribution in [2.45, 2.75) is 65.6 Å². The number of rotatable bonds is 2. The number of Topliss-reactive ketones (excluding diaryl/α,β-unsaturated/α-hetero) is 1. The predicted molar refractivity (Wildman–Crippen MR) is 75.4 cm³/mol. The molecule has 116 valence electrons. The molecule has 0 aromatic carbocycles. The smallest absolute Gasteiger partial charge is 0.303 e. The van der Waals surface area contributed by atoms with Crippen molar-refractivity contribution in [3.05, 3.63) is 11.1 Å². The van der Waals surface area contributed by atoms with Crippen LogP contribution in [-0.4, -0.2) is 29.9 Å². The van der Waals surface area contributed by atoms with E-state index in [4.69, 9.17) is 9.47 Å². The number of hydrogen-bond donors (Lipinski definition) is 0. The van der Waals surface area contributed by atoms with E-state index in [0.717, 1.165) is 5.57 Å². The van der Waals surface area contributed by atoms with Crippen LogP contribution in [0, 0.1) is 5.41 Å². The van der Waals surface area contributed by atoms with Gasteiger partial charge in [-0.3, -0.25) is 14.4 Å². The number of fused-ring (bicyclic) bond motifs is 1. The van der Waals surface area contributed by atoms with E-state index in [1.54, 1.807) is 6.92 Å². The van der Waals surface area contributed by atoms with Crippen molar-refractivity contribution in [2.24, 2.45) is 5.41 Å². The van der Waals surface area contributed by atoms with Gasteiger partial charge in [0.2, 0.25) is 0 Å². The van der Waals surface area contributed by atoms with Gasteiger partial charge in [-0.05, 0) is 37.3 Å². The van der Waals surface area contributed by atoms with Gasteiger partial charge >= 0.3 is 11.9 Å². The molecule has 0 aliphatic heterocycles. The van der Waals surface area contributed by atoms with E-state index in [1.807, 2.05) is 6.92 Å². The van der Waals surface area contributed by atoms with Crippen molar-refractivity contribution in [3.63, 3.8) is 0 Å². The van der Waals surface area contributed by atoms with E-state index < -0.39 is 5.41 Å². The topological polar surface area (TPSA) is 69.7 Å². The maximum atomic E-state index is 12.0. The fraction of sp³-hybridized carbons (Fsp3) is 0.688. The Kier molecular flexibility index (Phi) is 4.21. The summed E-state index contributed by atoms with van der Waals surface area (Å²) >= 11 is 0. The monoisotopic (exact) mass is 294 g/mol. The molecule has 2 aliphatic carbocycles. The zero-order valence-corrected chi connectivity index (χ0v) is 13.0. The zero-order valence-electron chi connectivity index (χ0n) is 13.0. The molecule has 2 rings (SSSR count). The lowest BCUT2D eigenvalue weighted by Gasteiger charge is -2.48. The predicted octanol–water partition coefficient (Wildman–Crippen LogP) is 2.33.